The summed E-state index contributed by atoms with van der Waals surface area (Å²) < 4.78 is 0. The van der Waals surface area contributed by atoms with Gasteiger partial charge in [0.05, 0.1) is 5.56 Å². The molecular formula is C14H14N2O2. The first-order valence-corrected chi connectivity index (χ1v) is 5.36. The second kappa shape index (κ2) is 6.38. The second-order valence-electron chi connectivity index (χ2n) is 3.55. The summed E-state index contributed by atoms with van der Waals surface area (Å²) in [6.45, 7) is 1.96. The van der Waals surface area contributed by atoms with Crippen LogP contribution in [0.2, 0.25) is 0 Å². The van der Waals surface area contributed by atoms with Gasteiger partial charge in [0, 0.05) is 24.9 Å². The monoisotopic (exact) mass is 242 g/mol. The Morgan fingerprint density at radius 1 is 1.22 bits per heavy atom. The molecule has 0 unspecified atom stereocenters. The van der Waals surface area contributed by atoms with E-state index in [1.165, 1.54) is 12.3 Å². The molecule has 4 heteroatoms. The Morgan fingerprint density at radius 2 is 1.89 bits per heavy atom. The average molecular weight is 242 g/mol. The lowest BCUT2D eigenvalue weighted by Gasteiger charge is -2.06. The summed E-state index contributed by atoms with van der Waals surface area (Å²) in [5.41, 5.74) is 2.94. The average Bonchev–Trinajstić information content (AvgIpc) is 2.41. The number of nitriles is 1. The number of nitrogens with zero attached hydrogens (tertiary/aromatic N) is 1. The molecule has 2 aromatic rings. The van der Waals surface area contributed by atoms with Gasteiger partial charge in [-0.3, -0.25) is 4.79 Å². The van der Waals surface area contributed by atoms with Gasteiger partial charge in [0.15, 0.2) is 0 Å². The number of nitrogens with one attached hydrogen (secondary N) is 1. The lowest BCUT2D eigenvalue weighted by Crippen LogP contribution is -2.05. The zero-order chi connectivity index (χ0) is 13.5. The van der Waals surface area contributed by atoms with E-state index in [0.717, 1.165) is 18.2 Å². The molecule has 0 saturated heterocycles. The number of H-pyrrole nitrogens is 1. The van der Waals surface area contributed by atoms with Crippen LogP contribution in [0.4, 0.5) is 0 Å². The smallest absolute Gasteiger partial charge is 0.248 e. The molecule has 2 rings (SSSR count). The molecule has 0 spiro atoms. The number of pyridine rings is 1. The molecule has 0 radical (unpaired) electrons. The Balaban J connectivity index is 0.000000771. The van der Waals surface area contributed by atoms with Gasteiger partial charge >= 0.3 is 0 Å². The largest absolute Gasteiger partial charge is 0.400 e. The predicted molar refractivity (Wildman–Crippen MR) is 70.1 cm³/mol. The van der Waals surface area contributed by atoms with Crippen LogP contribution in [-0.2, 0) is 0 Å². The molecule has 1 heterocycles. The zero-order valence-corrected chi connectivity index (χ0v) is 10.3. The molecule has 0 aliphatic rings. The van der Waals surface area contributed by atoms with Crippen LogP contribution in [-0.4, -0.2) is 17.2 Å². The van der Waals surface area contributed by atoms with E-state index >= 15 is 0 Å². The minimum atomic E-state index is -0.197. The maximum Gasteiger partial charge on any atom is 0.248 e. The molecule has 0 amide bonds. The third-order valence-electron chi connectivity index (χ3n) is 2.48. The Labute approximate surface area is 105 Å². The van der Waals surface area contributed by atoms with Crippen molar-refractivity contribution < 1.29 is 5.11 Å². The van der Waals surface area contributed by atoms with Gasteiger partial charge in [-0.25, -0.2) is 0 Å². The van der Waals surface area contributed by atoms with E-state index < -0.39 is 0 Å². The molecule has 0 saturated carbocycles. The molecule has 1 aromatic heterocycles. The second-order valence-corrected chi connectivity index (χ2v) is 3.55. The van der Waals surface area contributed by atoms with E-state index in [-0.39, 0.29) is 5.56 Å². The van der Waals surface area contributed by atoms with Crippen LogP contribution < -0.4 is 5.56 Å². The molecule has 0 aliphatic carbocycles. The lowest BCUT2D eigenvalue weighted by molar-refractivity contribution is 0.399. The number of aryl methyl sites for hydroxylation is 1. The van der Waals surface area contributed by atoms with Gasteiger partial charge in [-0.1, -0.05) is 24.3 Å². The van der Waals surface area contributed by atoms with E-state index in [1.807, 2.05) is 31.2 Å². The molecular weight excluding hydrogens is 228 g/mol. The van der Waals surface area contributed by atoms with Gasteiger partial charge in [0.2, 0.25) is 5.56 Å². The Morgan fingerprint density at radius 3 is 2.50 bits per heavy atom. The number of benzene rings is 1. The summed E-state index contributed by atoms with van der Waals surface area (Å²) in [7, 11) is 1.00. The molecule has 1 aromatic carbocycles. The highest BCUT2D eigenvalue weighted by molar-refractivity contribution is 5.72. The van der Waals surface area contributed by atoms with E-state index in [1.54, 1.807) is 0 Å². The zero-order valence-electron chi connectivity index (χ0n) is 10.3. The maximum atomic E-state index is 11.3. The van der Waals surface area contributed by atoms with Crippen molar-refractivity contribution in [2.45, 2.75) is 6.92 Å². The number of aliphatic hydroxyl groups excluding tert-OH is 1. The number of hydrogen-bond acceptors (Lipinski definition) is 3. The molecule has 18 heavy (non-hydrogen) atoms. The summed E-state index contributed by atoms with van der Waals surface area (Å²) in [4.78, 5) is 13.8. The van der Waals surface area contributed by atoms with Gasteiger partial charge in [-0.05, 0) is 18.1 Å². The SMILES string of the molecule is CO.Cc1ccccc1-c1cc(=O)[nH]cc1C#N. The van der Waals surface area contributed by atoms with Crippen molar-refractivity contribution >= 4 is 0 Å². The van der Waals surface area contributed by atoms with Crippen LogP contribution in [0.3, 0.4) is 0 Å². The van der Waals surface area contributed by atoms with Crippen molar-refractivity contribution in [3.63, 3.8) is 0 Å². The highest BCUT2D eigenvalue weighted by atomic mass is 16.2. The van der Waals surface area contributed by atoms with Crippen LogP contribution in [0.15, 0.2) is 41.3 Å². The first-order chi connectivity index (χ1) is 8.72. The van der Waals surface area contributed by atoms with Crippen LogP contribution in [0.25, 0.3) is 11.1 Å². The normalized spacial score (nSPS) is 9.00. The summed E-state index contributed by atoms with van der Waals surface area (Å²) in [6, 6.07) is 11.2. The van der Waals surface area contributed by atoms with Crippen molar-refractivity contribution in [1.82, 2.24) is 4.98 Å². The lowest BCUT2D eigenvalue weighted by atomic mass is 9.98. The highest BCUT2D eigenvalue weighted by Crippen LogP contribution is 2.24. The first kappa shape index (κ1) is 13.7. The fourth-order valence-corrected chi connectivity index (χ4v) is 1.66. The number of aliphatic hydroxyl groups is 1. The molecule has 0 aliphatic heterocycles. The maximum absolute atomic E-state index is 11.3. The van der Waals surface area contributed by atoms with E-state index in [2.05, 4.69) is 11.1 Å². The fraction of sp³-hybridized carbons (Fsp3) is 0.143. The van der Waals surface area contributed by atoms with Crippen LogP contribution >= 0.6 is 0 Å². The van der Waals surface area contributed by atoms with Crippen LogP contribution in [0, 0.1) is 18.3 Å². The molecule has 0 fully saturated rings. The predicted octanol–water partition coefficient (Wildman–Crippen LogP) is 1.83. The van der Waals surface area contributed by atoms with Crippen molar-refractivity contribution in [1.29, 1.82) is 5.26 Å². The summed E-state index contributed by atoms with van der Waals surface area (Å²) in [5, 5.41) is 16.0. The van der Waals surface area contributed by atoms with Crippen molar-refractivity contribution in [2.24, 2.45) is 0 Å². The quantitative estimate of drug-likeness (QED) is 0.800. The van der Waals surface area contributed by atoms with E-state index in [0.29, 0.717) is 11.1 Å². The number of hydrogen-bond donors (Lipinski definition) is 2. The Kier molecular flexibility index (Phi) is 4.85. The molecule has 4 nitrogen and oxygen atoms in total. The fourth-order valence-electron chi connectivity index (χ4n) is 1.66. The van der Waals surface area contributed by atoms with Gasteiger partial charge in [0.1, 0.15) is 6.07 Å². The third-order valence-corrected chi connectivity index (χ3v) is 2.48. The van der Waals surface area contributed by atoms with Gasteiger partial charge < -0.3 is 10.1 Å². The van der Waals surface area contributed by atoms with Crippen LogP contribution in [0.5, 0.6) is 0 Å². The highest BCUT2D eigenvalue weighted by Gasteiger charge is 2.07. The van der Waals surface area contributed by atoms with Crippen molar-refractivity contribution in [3.8, 4) is 17.2 Å². The minimum absolute atomic E-state index is 0.197. The summed E-state index contributed by atoms with van der Waals surface area (Å²) in [5.74, 6) is 0. The topological polar surface area (TPSA) is 76.9 Å². The van der Waals surface area contributed by atoms with Gasteiger partial charge in [-0.15, -0.1) is 0 Å². The van der Waals surface area contributed by atoms with Gasteiger partial charge in [-0.2, -0.15) is 5.26 Å². The first-order valence-electron chi connectivity index (χ1n) is 5.36. The van der Waals surface area contributed by atoms with Gasteiger partial charge in [0.25, 0.3) is 0 Å². The van der Waals surface area contributed by atoms with E-state index in [4.69, 9.17) is 10.4 Å². The third kappa shape index (κ3) is 2.84. The number of aromatic nitrogens is 1. The van der Waals surface area contributed by atoms with E-state index in [9.17, 15) is 4.79 Å². The standard InChI is InChI=1S/C13H10N2O.CH4O/c1-9-4-2-3-5-11(9)12-6-13(16)15-8-10(12)7-14;1-2/h2-6,8H,1H3,(H,15,16);2H,1H3. The van der Waals surface area contributed by atoms with Crippen molar-refractivity contribution in [2.75, 3.05) is 7.11 Å². The summed E-state index contributed by atoms with van der Waals surface area (Å²) in [6.07, 6.45) is 1.45. The summed E-state index contributed by atoms with van der Waals surface area (Å²) >= 11 is 0. The molecule has 0 atom stereocenters. The molecule has 0 bridgehead atoms. The Hall–Kier alpha value is -2.38. The molecule has 92 valence electrons. The molecule has 2 N–H and O–H groups in total. The number of aromatic amines is 1. The minimum Gasteiger partial charge on any atom is -0.400 e. The van der Waals surface area contributed by atoms with Crippen LogP contribution in [0.1, 0.15) is 11.1 Å². The Bertz CT molecular complexity index is 624. The number of rotatable bonds is 1. The van der Waals surface area contributed by atoms with Crippen molar-refractivity contribution in [3.05, 3.63) is 58.0 Å².